The van der Waals surface area contributed by atoms with E-state index in [4.69, 9.17) is 18.9 Å². The minimum absolute atomic E-state index is 0.253. The van der Waals surface area contributed by atoms with Gasteiger partial charge in [0.1, 0.15) is 5.75 Å². The summed E-state index contributed by atoms with van der Waals surface area (Å²) in [6.07, 6.45) is 9.21. The number of carbonyl (C=O) groups excluding carboxylic acids is 1. The van der Waals surface area contributed by atoms with E-state index in [0.29, 0.717) is 28.7 Å². The molecule has 37 heavy (non-hydrogen) atoms. The van der Waals surface area contributed by atoms with Crippen molar-refractivity contribution in [1.82, 2.24) is 4.57 Å². The van der Waals surface area contributed by atoms with Gasteiger partial charge in [0.25, 0.3) is 0 Å². The maximum absolute atomic E-state index is 12.8. The van der Waals surface area contributed by atoms with Crippen LogP contribution < -0.4 is 24.3 Å². The molecule has 0 atom stereocenters. The minimum atomic E-state index is -0.253. The third-order valence-corrected chi connectivity index (χ3v) is 5.98. The van der Waals surface area contributed by atoms with E-state index in [2.05, 4.69) is 11.4 Å². The van der Waals surface area contributed by atoms with Crippen LogP contribution in [-0.4, -0.2) is 38.9 Å². The van der Waals surface area contributed by atoms with E-state index in [1.54, 1.807) is 28.4 Å². The molecule has 7 nitrogen and oxygen atoms in total. The molecule has 190 valence electrons. The minimum Gasteiger partial charge on any atom is -0.495 e. The molecule has 4 rings (SSSR count). The predicted molar refractivity (Wildman–Crippen MR) is 149 cm³/mol. The van der Waals surface area contributed by atoms with Gasteiger partial charge in [-0.15, -0.1) is 0 Å². The molecule has 0 unspecified atom stereocenters. The molecule has 1 amide bonds. The van der Waals surface area contributed by atoms with Crippen molar-refractivity contribution in [3.05, 3.63) is 83.6 Å². The summed E-state index contributed by atoms with van der Waals surface area (Å²) in [4.78, 5) is 12.8. The highest BCUT2D eigenvalue weighted by Gasteiger charge is 2.12. The van der Waals surface area contributed by atoms with Gasteiger partial charge < -0.3 is 28.8 Å². The number of nitrogens with zero attached hydrogens (tertiary/aromatic N) is 1. The molecule has 1 N–H and O–H groups in total. The van der Waals surface area contributed by atoms with Crippen molar-refractivity contribution in [2.45, 2.75) is 0 Å². The fourth-order valence-electron chi connectivity index (χ4n) is 4.16. The number of carbonyl (C=O) groups is 1. The monoisotopic (exact) mass is 498 g/mol. The molecule has 0 saturated carbocycles. The first kappa shape index (κ1) is 25.4. The molecule has 3 aromatic carbocycles. The summed E-state index contributed by atoms with van der Waals surface area (Å²) in [5, 5.41) is 4.02. The van der Waals surface area contributed by atoms with Crippen LogP contribution in [0, 0.1) is 0 Å². The topological polar surface area (TPSA) is 71.0 Å². The highest BCUT2D eigenvalue weighted by Crippen LogP contribution is 2.38. The largest absolute Gasteiger partial charge is 0.495 e. The lowest BCUT2D eigenvalue weighted by Crippen LogP contribution is -2.09. The first-order valence-electron chi connectivity index (χ1n) is 11.7. The smallest absolute Gasteiger partial charge is 0.248 e. The number of hydrogen-bond donors (Lipinski definition) is 1. The van der Waals surface area contributed by atoms with E-state index < -0.39 is 0 Å². The molecule has 1 heterocycles. The lowest BCUT2D eigenvalue weighted by atomic mass is 10.1. The lowest BCUT2D eigenvalue weighted by Gasteiger charge is -2.13. The van der Waals surface area contributed by atoms with Crippen LogP contribution in [0.25, 0.3) is 29.1 Å². The van der Waals surface area contributed by atoms with Crippen LogP contribution >= 0.6 is 0 Å². The van der Waals surface area contributed by atoms with Gasteiger partial charge in [0.15, 0.2) is 11.5 Å². The summed E-state index contributed by atoms with van der Waals surface area (Å²) in [7, 11) is 8.29. The Balaban J connectivity index is 1.55. The number of benzene rings is 3. The molecule has 0 aliphatic rings. The Morgan fingerprint density at radius 2 is 1.46 bits per heavy atom. The number of fused-ring (bicyclic) bond motifs is 1. The molecule has 4 aromatic rings. The summed E-state index contributed by atoms with van der Waals surface area (Å²) in [5.41, 5.74) is 4.40. The lowest BCUT2D eigenvalue weighted by molar-refractivity contribution is -0.111. The first-order chi connectivity index (χ1) is 18.0. The zero-order valence-corrected chi connectivity index (χ0v) is 21.6. The summed E-state index contributed by atoms with van der Waals surface area (Å²) < 4.78 is 23.8. The molecule has 0 radical (unpaired) electrons. The standard InChI is InChI=1S/C30H30N2O5/c1-32-19-22(23-8-6-7-9-25(23)32)13-15-29(33)31-24-16-20(12-14-26(24)34-2)10-11-21-17-27(35-3)30(37-5)28(18-21)36-4/h6-19H,1-5H3,(H,31,33)/b11-10+,15-13+. The van der Waals surface area contributed by atoms with E-state index in [1.807, 2.05) is 84.6 Å². The van der Waals surface area contributed by atoms with Gasteiger partial charge in [-0.25, -0.2) is 0 Å². The summed E-state index contributed by atoms with van der Waals surface area (Å²) in [5.74, 6) is 1.99. The SMILES string of the molecule is COc1ccc(/C=C/c2cc(OC)c(OC)c(OC)c2)cc1NC(=O)/C=C/c1cn(C)c2ccccc12. The third-order valence-electron chi connectivity index (χ3n) is 5.98. The van der Waals surface area contributed by atoms with Crippen LogP contribution in [-0.2, 0) is 11.8 Å². The van der Waals surface area contributed by atoms with E-state index >= 15 is 0 Å². The van der Waals surface area contributed by atoms with Gasteiger partial charge in [-0.2, -0.15) is 0 Å². The van der Waals surface area contributed by atoms with Crippen molar-refractivity contribution in [3.63, 3.8) is 0 Å². The van der Waals surface area contributed by atoms with Crippen LogP contribution in [0.3, 0.4) is 0 Å². The van der Waals surface area contributed by atoms with Crippen LogP contribution in [0.1, 0.15) is 16.7 Å². The van der Waals surface area contributed by atoms with Crippen LogP contribution in [0.15, 0.2) is 66.9 Å². The summed E-state index contributed by atoms with van der Waals surface area (Å²) in [6.45, 7) is 0. The molecule has 1 aromatic heterocycles. The molecule has 0 bridgehead atoms. The number of aromatic nitrogens is 1. The Labute approximate surface area is 216 Å². The molecule has 0 spiro atoms. The fourth-order valence-corrected chi connectivity index (χ4v) is 4.16. The second kappa shape index (κ2) is 11.4. The number of para-hydroxylation sites is 1. The highest BCUT2D eigenvalue weighted by molar-refractivity contribution is 6.04. The van der Waals surface area contributed by atoms with Crippen molar-refractivity contribution in [2.75, 3.05) is 33.8 Å². The zero-order chi connectivity index (χ0) is 26.4. The second-order valence-electron chi connectivity index (χ2n) is 8.29. The maximum atomic E-state index is 12.8. The van der Waals surface area contributed by atoms with Crippen molar-refractivity contribution in [1.29, 1.82) is 0 Å². The molecular formula is C30H30N2O5. The van der Waals surface area contributed by atoms with Crippen molar-refractivity contribution >= 4 is 40.7 Å². The third kappa shape index (κ3) is 5.62. The predicted octanol–water partition coefficient (Wildman–Crippen LogP) is 6.04. The van der Waals surface area contributed by atoms with E-state index in [0.717, 1.165) is 27.6 Å². The van der Waals surface area contributed by atoms with Gasteiger partial charge in [0.2, 0.25) is 11.7 Å². The number of ether oxygens (including phenoxy) is 4. The van der Waals surface area contributed by atoms with Crippen molar-refractivity contribution in [3.8, 4) is 23.0 Å². The Morgan fingerprint density at radius 1 is 0.784 bits per heavy atom. The Morgan fingerprint density at radius 3 is 2.14 bits per heavy atom. The fraction of sp³-hybridized carbons (Fsp3) is 0.167. The normalized spacial score (nSPS) is 11.3. The van der Waals surface area contributed by atoms with Crippen molar-refractivity contribution in [2.24, 2.45) is 7.05 Å². The second-order valence-corrected chi connectivity index (χ2v) is 8.29. The first-order valence-corrected chi connectivity index (χ1v) is 11.7. The number of anilines is 1. The zero-order valence-electron chi connectivity index (χ0n) is 21.6. The van der Waals surface area contributed by atoms with Gasteiger partial charge in [0, 0.05) is 35.8 Å². The van der Waals surface area contributed by atoms with Gasteiger partial charge in [-0.3, -0.25) is 4.79 Å². The molecule has 0 fully saturated rings. The molecular weight excluding hydrogens is 468 g/mol. The molecule has 7 heteroatoms. The van der Waals surface area contributed by atoms with Gasteiger partial charge in [-0.1, -0.05) is 36.4 Å². The molecule has 0 saturated heterocycles. The Kier molecular flexibility index (Phi) is 7.83. The Hall–Kier alpha value is -4.65. The number of aryl methyl sites for hydroxylation is 1. The van der Waals surface area contributed by atoms with Gasteiger partial charge >= 0.3 is 0 Å². The maximum Gasteiger partial charge on any atom is 0.248 e. The number of rotatable bonds is 9. The summed E-state index contributed by atoms with van der Waals surface area (Å²) >= 11 is 0. The average molecular weight is 499 g/mol. The number of amides is 1. The van der Waals surface area contributed by atoms with E-state index in [9.17, 15) is 4.79 Å². The molecule has 0 aliphatic heterocycles. The van der Waals surface area contributed by atoms with Crippen molar-refractivity contribution < 1.29 is 23.7 Å². The average Bonchev–Trinajstić information content (AvgIpc) is 3.25. The highest BCUT2D eigenvalue weighted by atomic mass is 16.5. The molecule has 0 aliphatic carbocycles. The number of hydrogen-bond acceptors (Lipinski definition) is 5. The van der Waals surface area contributed by atoms with E-state index in [1.165, 1.54) is 6.08 Å². The van der Waals surface area contributed by atoms with Crippen LogP contribution in [0.4, 0.5) is 5.69 Å². The van der Waals surface area contributed by atoms with Crippen LogP contribution in [0.5, 0.6) is 23.0 Å². The number of nitrogens with one attached hydrogen (secondary N) is 1. The van der Waals surface area contributed by atoms with E-state index in [-0.39, 0.29) is 5.91 Å². The summed E-state index contributed by atoms with van der Waals surface area (Å²) in [6, 6.07) is 17.4. The van der Waals surface area contributed by atoms with Gasteiger partial charge in [-0.05, 0) is 47.5 Å². The van der Waals surface area contributed by atoms with Crippen LogP contribution in [0.2, 0.25) is 0 Å². The number of methoxy groups -OCH3 is 4. The quantitative estimate of drug-likeness (QED) is 0.225. The Bertz CT molecular complexity index is 1460. The van der Waals surface area contributed by atoms with Gasteiger partial charge in [0.05, 0.1) is 34.1 Å².